The third-order valence-corrected chi connectivity index (χ3v) is 5.27. The van der Waals surface area contributed by atoms with Crippen molar-refractivity contribution in [2.45, 2.75) is 45.6 Å². The first-order valence-corrected chi connectivity index (χ1v) is 7.35. The highest BCUT2D eigenvalue weighted by molar-refractivity contribution is 5.95. The summed E-state index contributed by atoms with van der Waals surface area (Å²) in [4.78, 5) is 12.3. The summed E-state index contributed by atoms with van der Waals surface area (Å²) in [7, 11) is 1.87. The van der Waals surface area contributed by atoms with Gasteiger partial charge in [-0.3, -0.25) is 9.48 Å². The molecule has 0 unspecified atom stereocenters. The number of fused-ring (bicyclic) bond motifs is 2. The maximum absolute atomic E-state index is 12.3. The van der Waals surface area contributed by atoms with Gasteiger partial charge in [-0.1, -0.05) is 6.42 Å². The van der Waals surface area contributed by atoms with Gasteiger partial charge in [-0.2, -0.15) is 5.10 Å². The van der Waals surface area contributed by atoms with Gasteiger partial charge in [0.25, 0.3) is 5.91 Å². The standard InChI is InChI=1S/C15H23N3O/c1-9(13-7-11-4-5-12(13)6-11)17-15(19)14-8-16-18(3)10(14)2/h8-9,11-13H,4-7H2,1-3H3,(H,17,19)/t9-,11-,12-,13+/m1/s1. The third-order valence-electron chi connectivity index (χ3n) is 5.27. The van der Waals surface area contributed by atoms with Gasteiger partial charge in [0.2, 0.25) is 0 Å². The molecule has 0 aromatic carbocycles. The van der Waals surface area contributed by atoms with E-state index in [2.05, 4.69) is 17.3 Å². The van der Waals surface area contributed by atoms with Gasteiger partial charge in [0, 0.05) is 18.8 Å². The Morgan fingerprint density at radius 2 is 2.26 bits per heavy atom. The fourth-order valence-corrected chi connectivity index (χ4v) is 4.02. The summed E-state index contributed by atoms with van der Waals surface area (Å²) in [6.07, 6.45) is 7.12. The molecule has 2 bridgehead atoms. The predicted molar refractivity (Wildman–Crippen MR) is 73.8 cm³/mol. The molecule has 1 aromatic rings. The SMILES string of the molecule is Cc1c(C(=O)N[C@H](C)[C@@H]2C[C@@H]3CC[C@@H]2C3)cnn1C. The maximum Gasteiger partial charge on any atom is 0.254 e. The van der Waals surface area contributed by atoms with E-state index in [9.17, 15) is 4.79 Å². The van der Waals surface area contributed by atoms with Crippen LogP contribution in [0.2, 0.25) is 0 Å². The first kappa shape index (κ1) is 12.7. The minimum absolute atomic E-state index is 0.0286. The number of carbonyl (C=O) groups is 1. The molecular formula is C15H23N3O. The number of nitrogens with one attached hydrogen (secondary N) is 1. The number of aryl methyl sites for hydroxylation is 1. The van der Waals surface area contributed by atoms with Crippen molar-refractivity contribution in [2.24, 2.45) is 24.8 Å². The number of carbonyl (C=O) groups excluding carboxylic acids is 1. The lowest BCUT2D eigenvalue weighted by Crippen LogP contribution is -2.40. The molecule has 2 saturated carbocycles. The zero-order valence-electron chi connectivity index (χ0n) is 12.0. The van der Waals surface area contributed by atoms with Crippen molar-refractivity contribution in [3.05, 3.63) is 17.5 Å². The Kier molecular flexibility index (Phi) is 3.11. The minimum Gasteiger partial charge on any atom is -0.349 e. The lowest BCUT2D eigenvalue weighted by Gasteiger charge is -2.28. The second-order valence-electron chi connectivity index (χ2n) is 6.37. The molecule has 104 valence electrons. The van der Waals surface area contributed by atoms with Crippen molar-refractivity contribution in [3.63, 3.8) is 0 Å². The van der Waals surface area contributed by atoms with E-state index in [0.29, 0.717) is 11.5 Å². The molecule has 4 atom stereocenters. The van der Waals surface area contributed by atoms with Crippen LogP contribution in [0.5, 0.6) is 0 Å². The molecule has 0 aliphatic heterocycles. The van der Waals surface area contributed by atoms with E-state index in [0.717, 1.165) is 17.5 Å². The Hall–Kier alpha value is -1.32. The lowest BCUT2D eigenvalue weighted by molar-refractivity contribution is 0.0914. The number of amides is 1. The maximum atomic E-state index is 12.3. The van der Waals surface area contributed by atoms with Crippen molar-refractivity contribution in [1.82, 2.24) is 15.1 Å². The van der Waals surface area contributed by atoms with E-state index in [1.54, 1.807) is 10.9 Å². The lowest BCUT2D eigenvalue weighted by atomic mass is 9.84. The fraction of sp³-hybridized carbons (Fsp3) is 0.733. The Morgan fingerprint density at radius 1 is 1.47 bits per heavy atom. The highest BCUT2D eigenvalue weighted by Crippen LogP contribution is 2.49. The monoisotopic (exact) mass is 261 g/mol. The van der Waals surface area contributed by atoms with Gasteiger partial charge in [-0.25, -0.2) is 0 Å². The number of aromatic nitrogens is 2. The highest BCUT2D eigenvalue weighted by Gasteiger charge is 2.42. The van der Waals surface area contributed by atoms with E-state index in [4.69, 9.17) is 0 Å². The Labute approximate surface area is 114 Å². The summed E-state index contributed by atoms with van der Waals surface area (Å²) in [6.45, 7) is 4.10. The molecule has 1 heterocycles. The summed E-state index contributed by atoms with van der Waals surface area (Å²) in [5, 5.41) is 7.32. The molecule has 1 amide bonds. The zero-order valence-corrected chi connectivity index (χ0v) is 12.0. The molecule has 1 N–H and O–H groups in total. The molecule has 2 fully saturated rings. The largest absolute Gasteiger partial charge is 0.349 e. The van der Waals surface area contributed by atoms with Crippen molar-refractivity contribution in [3.8, 4) is 0 Å². The smallest absolute Gasteiger partial charge is 0.254 e. The van der Waals surface area contributed by atoms with E-state index >= 15 is 0 Å². The molecule has 4 heteroatoms. The molecule has 4 nitrogen and oxygen atoms in total. The van der Waals surface area contributed by atoms with Gasteiger partial charge in [0.1, 0.15) is 0 Å². The van der Waals surface area contributed by atoms with Crippen LogP contribution in [0, 0.1) is 24.7 Å². The zero-order chi connectivity index (χ0) is 13.6. The molecule has 0 spiro atoms. The Bertz CT molecular complexity index is 494. The molecular weight excluding hydrogens is 238 g/mol. The second kappa shape index (κ2) is 4.66. The molecule has 0 saturated heterocycles. The quantitative estimate of drug-likeness (QED) is 0.907. The average molecular weight is 261 g/mol. The van der Waals surface area contributed by atoms with Crippen LogP contribution in [-0.4, -0.2) is 21.7 Å². The molecule has 1 aromatic heterocycles. The normalized spacial score (nSPS) is 30.6. The second-order valence-corrected chi connectivity index (χ2v) is 6.37. The van der Waals surface area contributed by atoms with Crippen LogP contribution in [0.3, 0.4) is 0 Å². The van der Waals surface area contributed by atoms with Gasteiger partial charge in [-0.05, 0) is 50.9 Å². The van der Waals surface area contributed by atoms with Crippen LogP contribution in [-0.2, 0) is 7.05 Å². The van der Waals surface area contributed by atoms with Crippen molar-refractivity contribution >= 4 is 5.91 Å². The topological polar surface area (TPSA) is 46.9 Å². The molecule has 2 aliphatic rings. The Balaban J connectivity index is 1.65. The fourth-order valence-electron chi connectivity index (χ4n) is 4.02. The summed E-state index contributed by atoms with van der Waals surface area (Å²) >= 11 is 0. The molecule has 0 radical (unpaired) electrons. The highest BCUT2D eigenvalue weighted by atomic mass is 16.1. The van der Waals surface area contributed by atoms with Gasteiger partial charge in [0.15, 0.2) is 0 Å². The summed E-state index contributed by atoms with van der Waals surface area (Å²) < 4.78 is 1.75. The summed E-state index contributed by atoms with van der Waals surface area (Å²) in [5.74, 6) is 2.48. The van der Waals surface area contributed by atoms with Crippen LogP contribution < -0.4 is 5.32 Å². The van der Waals surface area contributed by atoms with Crippen LogP contribution >= 0.6 is 0 Å². The van der Waals surface area contributed by atoms with E-state index in [-0.39, 0.29) is 11.9 Å². The number of hydrogen-bond acceptors (Lipinski definition) is 2. The molecule has 2 aliphatic carbocycles. The van der Waals surface area contributed by atoms with Gasteiger partial charge >= 0.3 is 0 Å². The minimum atomic E-state index is 0.0286. The van der Waals surface area contributed by atoms with Crippen LogP contribution in [0.25, 0.3) is 0 Å². The van der Waals surface area contributed by atoms with Gasteiger partial charge < -0.3 is 5.32 Å². The summed E-state index contributed by atoms with van der Waals surface area (Å²) in [6, 6.07) is 0.280. The van der Waals surface area contributed by atoms with E-state index in [1.807, 2.05) is 14.0 Å². The first-order chi connectivity index (χ1) is 9.06. The number of rotatable bonds is 3. The van der Waals surface area contributed by atoms with Crippen LogP contribution in [0.15, 0.2) is 6.20 Å². The van der Waals surface area contributed by atoms with Gasteiger partial charge in [-0.15, -0.1) is 0 Å². The predicted octanol–water partition coefficient (Wildman–Crippen LogP) is 2.28. The van der Waals surface area contributed by atoms with Crippen LogP contribution in [0.1, 0.15) is 48.7 Å². The van der Waals surface area contributed by atoms with E-state index < -0.39 is 0 Å². The third kappa shape index (κ3) is 2.17. The van der Waals surface area contributed by atoms with Crippen molar-refractivity contribution in [1.29, 1.82) is 0 Å². The first-order valence-electron chi connectivity index (χ1n) is 7.35. The molecule has 3 rings (SSSR count). The van der Waals surface area contributed by atoms with E-state index in [1.165, 1.54) is 25.7 Å². The summed E-state index contributed by atoms with van der Waals surface area (Å²) in [5.41, 5.74) is 1.63. The van der Waals surface area contributed by atoms with Gasteiger partial charge in [0.05, 0.1) is 11.8 Å². The molecule has 19 heavy (non-hydrogen) atoms. The van der Waals surface area contributed by atoms with Crippen molar-refractivity contribution in [2.75, 3.05) is 0 Å². The Morgan fingerprint density at radius 3 is 2.79 bits per heavy atom. The van der Waals surface area contributed by atoms with Crippen LogP contribution in [0.4, 0.5) is 0 Å². The van der Waals surface area contributed by atoms with Crippen molar-refractivity contribution < 1.29 is 4.79 Å². The number of nitrogens with zero attached hydrogens (tertiary/aromatic N) is 2. The average Bonchev–Trinajstić information content (AvgIpc) is 3.06. The number of hydrogen-bond donors (Lipinski definition) is 1.